The van der Waals surface area contributed by atoms with Gasteiger partial charge < -0.3 is 4.74 Å². The lowest BCUT2D eigenvalue weighted by Crippen LogP contribution is -2.16. The largest absolute Gasteiger partial charge is 0.381 e. The lowest BCUT2D eigenvalue weighted by Gasteiger charge is -2.22. The molecule has 1 heterocycles. The van der Waals surface area contributed by atoms with E-state index < -0.39 is 0 Å². The molecule has 1 aliphatic rings. The maximum absolute atomic E-state index is 5.87. The predicted octanol–water partition coefficient (Wildman–Crippen LogP) is 2.82. The summed E-state index contributed by atoms with van der Waals surface area (Å²) in [4.78, 5) is 0. The highest BCUT2D eigenvalue weighted by Gasteiger charge is 2.13. The Kier molecular flexibility index (Phi) is 4.24. The van der Waals surface area contributed by atoms with Crippen LogP contribution in [0.25, 0.3) is 0 Å². The van der Waals surface area contributed by atoms with Crippen LogP contribution in [-0.4, -0.2) is 18.6 Å². The molecule has 0 N–H and O–H groups in total. The van der Waals surface area contributed by atoms with Crippen LogP contribution >= 0.6 is 11.6 Å². The Hall–Kier alpha value is 0.250. The molecule has 0 aromatic heterocycles. The van der Waals surface area contributed by atoms with Crippen molar-refractivity contribution >= 4 is 11.6 Å². The fourth-order valence-electron chi connectivity index (χ4n) is 1.50. The summed E-state index contributed by atoms with van der Waals surface area (Å²) in [5, 5.41) is 0.345. The Morgan fingerprint density at radius 3 is 2.64 bits per heavy atom. The average molecular weight is 177 g/mol. The molecule has 0 aromatic rings. The zero-order chi connectivity index (χ0) is 8.10. The molecule has 0 radical (unpaired) electrons. The van der Waals surface area contributed by atoms with Gasteiger partial charge in [0.25, 0.3) is 0 Å². The molecule has 1 atom stereocenters. The molecule has 11 heavy (non-hydrogen) atoms. The second-order valence-corrected chi connectivity index (χ2v) is 4.16. The standard InChI is InChI=1S/C9H17ClO/c1-8(10)2-3-9-4-6-11-7-5-9/h8-9H,2-7H2,1H3. The predicted molar refractivity (Wildman–Crippen MR) is 48.1 cm³/mol. The molecule has 1 nitrogen and oxygen atoms in total. The third-order valence-corrected chi connectivity index (χ3v) is 2.53. The first-order chi connectivity index (χ1) is 5.29. The van der Waals surface area contributed by atoms with E-state index in [9.17, 15) is 0 Å². The summed E-state index contributed by atoms with van der Waals surface area (Å²) in [6.45, 7) is 3.99. The first-order valence-electron chi connectivity index (χ1n) is 4.51. The van der Waals surface area contributed by atoms with Crippen molar-refractivity contribution < 1.29 is 4.74 Å². The zero-order valence-electron chi connectivity index (χ0n) is 7.18. The first kappa shape index (κ1) is 9.34. The molecule has 0 spiro atoms. The SMILES string of the molecule is CC(Cl)CCC1CCOCC1. The van der Waals surface area contributed by atoms with Gasteiger partial charge >= 0.3 is 0 Å². The quantitative estimate of drug-likeness (QED) is 0.601. The van der Waals surface area contributed by atoms with Crippen molar-refractivity contribution in [2.24, 2.45) is 5.92 Å². The van der Waals surface area contributed by atoms with E-state index in [2.05, 4.69) is 6.92 Å². The fourth-order valence-corrected chi connectivity index (χ4v) is 1.63. The molecule has 0 aliphatic carbocycles. The second-order valence-electron chi connectivity index (χ2n) is 3.41. The molecule has 1 fully saturated rings. The van der Waals surface area contributed by atoms with Gasteiger partial charge in [0.05, 0.1) is 0 Å². The summed E-state index contributed by atoms with van der Waals surface area (Å²) in [5.74, 6) is 0.880. The van der Waals surface area contributed by atoms with Crippen LogP contribution < -0.4 is 0 Å². The Balaban J connectivity index is 2.05. The van der Waals surface area contributed by atoms with Gasteiger partial charge in [-0.05, 0) is 38.5 Å². The van der Waals surface area contributed by atoms with Crippen LogP contribution in [0, 0.1) is 5.92 Å². The van der Waals surface area contributed by atoms with E-state index in [0.717, 1.165) is 25.6 Å². The van der Waals surface area contributed by atoms with Crippen molar-refractivity contribution in [3.8, 4) is 0 Å². The summed E-state index contributed by atoms with van der Waals surface area (Å²) in [7, 11) is 0. The molecule has 0 amide bonds. The number of hydrogen-bond acceptors (Lipinski definition) is 1. The summed E-state index contributed by atoms with van der Waals surface area (Å²) < 4.78 is 5.27. The maximum atomic E-state index is 5.87. The van der Waals surface area contributed by atoms with Crippen LogP contribution in [0.1, 0.15) is 32.6 Å². The summed E-state index contributed by atoms with van der Waals surface area (Å²) >= 11 is 5.87. The van der Waals surface area contributed by atoms with Crippen LogP contribution in [-0.2, 0) is 4.74 Å². The van der Waals surface area contributed by atoms with Crippen LogP contribution in [0.2, 0.25) is 0 Å². The van der Waals surface area contributed by atoms with Gasteiger partial charge in [0.2, 0.25) is 0 Å². The second kappa shape index (κ2) is 5.00. The number of rotatable bonds is 3. The van der Waals surface area contributed by atoms with E-state index in [1.54, 1.807) is 0 Å². The third kappa shape index (κ3) is 3.97. The minimum atomic E-state index is 0.345. The van der Waals surface area contributed by atoms with E-state index in [0.29, 0.717) is 5.38 Å². The lowest BCUT2D eigenvalue weighted by atomic mass is 9.94. The fraction of sp³-hybridized carbons (Fsp3) is 1.00. The van der Waals surface area contributed by atoms with Gasteiger partial charge in [0.15, 0.2) is 0 Å². The third-order valence-electron chi connectivity index (χ3n) is 2.31. The van der Waals surface area contributed by atoms with E-state index in [4.69, 9.17) is 16.3 Å². The van der Waals surface area contributed by atoms with E-state index in [1.807, 2.05) is 0 Å². The first-order valence-corrected chi connectivity index (χ1v) is 4.94. The van der Waals surface area contributed by atoms with Crippen molar-refractivity contribution in [2.45, 2.75) is 38.0 Å². The van der Waals surface area contributed by atoms with Crippen molar-refractivity contribution in [1.29, 1.82) is 0 Å². The minimum Gasteiger partial charge on any atom is -0.381 e. The van der Waals surface area contributed by atoms with Gasteiger partial charge in [-0.25, -0.2) is 0 Å². The normalized spacial score (nSPS) is 23.5. The minimum absolute atomic E-state index is 0.345. The van der Waals surface area contributed by atoms with Gasteiger partial charge in [-0.1, -0.05) is 0 Å². The summed E-state index contributed by atoms with van der Waals surface area (Å²) in [5.41, 5.74) is 0. The van der Waals surface area contributed by atoms with Gasteiger partial charge in [-0.15, -0.1) is 11.6 Å². The van der Waals surface area contributed by atoms with Gasteiger partial charge in [-0.2, -0.15) is 0 Å². The molecule has 0 saturated carbocycles. The molecule has 0 bridgehead atoms. The topological polar surface area (TPSA) is 9.23 Å². The molecule has 2 heteroatoms. The number of alkyl halides is 1. The molecule has 1 aliphatic heterocycles. The van der Waals surface area contributed by atoms with Gasteiger partial charge in [0, 0.05) is 18.6 Å². The number of ether oxygens (including phenoxy) is 1. The van der Waals surface area contributed by atoms with Gasteiger partial charge in [-0.3, -0.25) is 0 Å². The Bertz CT molecular complexity index is 97.7. The Morgan fingerprint density at radius 2 is 2.09 bits per heavy atom. The van der Waals surface area contributed by atoms with E-state index in [1.165, 1.54) is 19.3 Å². The van der Waals surface area contributed by atoms with Crippen LogP contribution in [0.5, 0.6) is 0 Å². The number of hydrogen-bond donors (Lipinski definition) is 0. The molecule has 0 aromatic carbocycles. The van der Waals surface area contributed by atoms with Crippen molar-refractivity contribution in [1.82, 2.24) is 0 Å². The highest BCUT2D eigenvalue weighted by molar-refractivity contribution is 6.20. The van der Waals surface area contributed by atoms with E-state index in [-0.39, 0.29) is 0 Å². The van der Waals surface area contributed by atoms with Crippen molar-refractivity contribution in [3.63, 3.8) is 0 Å². The monoisotopic (exact) mass is 176 g/mol. The molecular formula is C9H17ClO. The molecule has 1 unspecified atom stereocenters. The van der Waals surface area contributed by atoms with Crippen molar-refractivity contribution in [2.75, 3.05) is 13.2 Å². The van der Waals surface area contributed by atoms with Crippen LogP contribution in [0.4, 0.5) is 0 Å². The zero-order valence-corrected chi connectivity index (χ0v) is 7.94. The van der Waals surface area contributed by atoms with Crippen molar-refractivity contribution in [3.05, 3.63) is 0 Å². The molecule has 66 valence electrons. The highest BCUT2D eigenvalue weighted by Crippen LogP contribution is 2.21. The Labute approximate surface area is 74.1 Å². The lowest BCUT2D eigenvalue weighted by molar-refractivity contribution is 0.0633. The van der Waals surface area contributed by atoms with Gasteiger partial charge in [0.1, 0.15) is 0 Å². The van der Waals surface area contributed by atoms with E-state index >= 15 is 0 Å². The molecule has 1 saturated heterocycles. The highest BCUT2D eigenvalue weighted by atomic mass is 35.5. The summed E-state index contributed by atoms with van der Waals surface area (Å²) in [6, 6.07) is 0. The molecular weight excluding hydrogens is 160 g/mol. The Morgan fingerprint density at radius 1 is 1.45 bits per heavy atom. The maximum Gasteiger partial charge on any atom is 0.0468 e. The number of halogens is 1. The molecule has 1 rings (SSSR count). The summed E-state index contributed by atoms with van der Waals surface area (Å²) in [6.07, 6.45) is 4.92. The smallest absolute Gasteiger partial charge is 0.0468 e. The van der Waals surface area contributed by atoms with Crippen LogP contribution in [0.3, 0.4) is 0 Å². The van der Waals surface area contributed by atoms with Crippen LogP contribution in [0.15, 0.2) is 0 Å². The average Bonchev–Trinajstić information content (AvgIpc) is 2.03.